The van der Waals surface area contributed by atoms with Crippen molar-refractivity contribution in [3.05, 3.63) is 88.5 Å². The van der Waals surface area contributed by atoms with E-state index in [0.29, 0.717) is 13.0 Å². The molecule has 2 nitrogen and oxygen atoms in total. The molecule has 0 heterocycles. The number of rotatable bonds is 13. The third-order valence-electron chi connectivity index (χ3n) is 6.45. The molecular formula is C31H40O2. The largest absolute Gasteiger partial charge is 0.489 e. The number of aliphatic hydroxyl groups is 1. The van der Waals surface area contributed by atoms with Gasteiger partial charge in [-0.1, -0.05) is 88.6 Å². The summed E-state index contributed by atoms with van der Waals surface area (Å²) in [4.78, 5) is 0. The molecule has 0 radical (unpaired) electrons. The smallest absolute Gasteiger partial charge is 0.120 e. The van der Waals surface area contributed by atoms with Gasteiger partial charge in [0.1, 0.15) is 12.4 Å². The molecular weight excluding hydrogens is 404 g/mol. The van der Waals surface area contributed by atoms with Gasteiger partial charge in [-0.3, -0.25) is 0 Å². The molecule has 3 aromatic rings. The zero-order valence-electron chi connectivity index (χ0n) is 20.7. The third-order valence-corrected chi connectivity index (χ3v) is 6.45. The number of unbranched alkanes of at least 4 members (excludes halogenated alkanes) is 3. The zero-order valence-corrected chi connectivity index (χ0v) is 20.7. The number of ether oxygens (including phenoxy) is 1. The van der Waals surface area contributed by atoms with Crippen molar-refractivity contribution in [1.82, 2.24) is 0 Å². The van der Waals surface area contributed by atoms with Crippen LogP contribution in [0.4, 0.5) is 0 Å². The Kier molecular flexibility index (Phi) is 10.0. The lowest BCUT2D eigenvalue weighted by Gasteiger charge is -2.16. The Bertz CT molecular complexity index is 988. The van der Waals surface area contributed by atoms with Gasteiger partial charge in [-0.05, 0) is 83.2 Å². The van der Waals surface area contributed by atoms with Crippen LogP contribution in [0, 0.1) is 0 Å². The van der Waals surface area contributed by atoms with E-state index < -0.39 is 0 Å². The van der Waals surface area contributed by atoms with Crippen molar-refractivity contribution in [3.63, 3.8) is 0 Å². The van der Waals surface area contributed by atoms with Crippen molar-refractivity contribution >= 4 is 0 Å². The Labute approximate surface area is 200 Å². The highest BCUT2D eigenvalue weighted by atomic mass is 16.5. The minimum absolute atomic E-state index is 0.191. The molecule has 0 saturated heterocycles. The maximum absolute atomic E-state index is 9.27. The normalized spacial score (nSPS) is 11.0. The van der Waals surface area contributed by atoms with Crippen molar-refractivity contribution in [2.45, 2.75) is 78.7 Å². The average molecular weight is 445 g/mol. The van der Waals surface area contributed by atoms with Crippen LogP contribution in [-0.4, -0.2) is 11.7 Å². The highest BCUT2D eigenvalue weighted by Crippen LogP contribution is 2.32. The molecule has 0 aliphatic rings. The summed E-state index contributed by atoms with van der Waals surface area (Å²) >= 11 is 0. The summed E-state index contributed by atoms with van der Waals surface area (Å²) in [5, 5.41) is 9.27. The predicted molar refractivity (Wildman–Crippen MR) is 140 cm³/mol. The molecule has 0 saturated carbocycles. The Morgan fingerprint density at radius 2 is 1.27 bits per heavy atom. The fourth-order valence-corrected chi connectivity index (χ4v) is 4.43. The molecule has 0 amide bonds. The quantitative estimate of drug-likeness (QED) is 0.273. The molecule has 1 N–H and O–H groups in total. The standard InChI is InChI=1S/C31H40O2/c1-4-7-8-9-10-24-11-13-26(14-12-24)23-33-29-16-18-31(28(6-3)22-29)30-17-15-25(19-20-32)21-27(30)5-2/h11-18,21-22,32H,4-10,19-20,23H2,1-3H3. The van der Waals surface area contributed by atoms with Gasteiger partial charge in [0, 0.05) is 6.61 Å². The van der Waals surface area contributed by atoms with Gasteiger partial charge in [-0.15, -0.1) is 0 Å². The second-order valence-electron chi connectivity index (χ2n) is 8.91. The van der Waals surface area contributed by atoms with Gasteiger partial charge in [0.2, 0.25) is 0 Å². The summed E-state index contributed by atoms with van der Waals surface area (Å²) in [7, 11) is 0. The van der Waals surface area contributed by atoms with Gasteiger partial charge in [-0.25, -0.2) is 0 Å². The van der Waals surface area contributed by atoms with Crippen molar-refractivity contribution in [2.75, 3.05) is 6.61 Å². The second kappa shape index (κ2) is 13.2. The van der Waals surface area contributed by atoms with Crippen LogP contribution in [0.15, 0.2) is 60.7 Å². The van der Waals surface area contributed by atoms with Crippen LogP contribution >= 0.6 is 0 Å². The predicted octanol–water partition coefficient (Wildman–Crippen LogP) is 7.72. The van der Waals surface area contributed by atoms with Gasteiger partial charge in [0.15, 0.2) is 0 Å². The highest BCUT2D eigenvalue weighted by molar-refractivity contribution is 5.72. The molecule has 33 heavy (non-hydrogen) atoms. The minimum atomic E-state index is 0.191. The van der Waals surface area contributed by atoms with E-state index in [1.165, 1.54) is 71.0 Å². The lowest BCUT2D eigenvalue weighted by Crippen LogP contribution is -1.99. The van der Waals surface area contributed by atoms with Crippen LogP contribution in [-0.2, 0) is 32.3 Å². The Morgan fingerprint density at radius 1 is 0.636 bits per heavy atom. The number of aryl methyl sites for hydroxylation is 3. The molecule has 3 rings (SSSR count). The fourth-order valence-electron chi connectivity index (χ4n) is 4.43. The lowest BCUT2D eigenvalue weighted by molar-refractivity contribution is 0.299. The Balaban J connectivity index is 1.67. The van der Waals surface area contributed by atoms with Gasteiger partial charge in [-0.2, -0.15) is 0 Å². The van der Waals surface area contributed by atoms with E-state index >= 15 is 0 Å². The maximum atomic E-state index is 9.27. The molecule has 0 fully saturated rings. The lowest BCUT2D eigenvalue weighted by atomic mass is 9.91. The number of hydrogen-bond donors (Lipinski definition) is 1. The van der Waals surface area contributed by atoms with E-state index in [1.807, 2.05) is 0 Å². The molecule has 0 spiro atoms. The summed E-state index contributed by atoms with van der Waals surface area (Å²) in [6.45, 7) is 7.44. The van der Waals surface area contributed by atoms with Crippen molar-refractivity contribution in [3.8, 4) is 16.9 Å². The highest BCUT2D eigenvalue weighted by Gasteiger charge is 2.11. The first kappa shape index (κ1) is 25.1. The average Bonchev–Trinajstić information content (AvgIpc) is 2.86. The third kappa shape index (κ3) is 7.20. The monoisotopic (exact) mass is 444 g/mol. The van der Waals surface area contributed by atoms with Crippen molar-refractivity contribution in [1.29, 1.82) is 0 Å². The molecule has 3 aromatic carbocycles. The maximum Gasteiger partial charge on any atom is 0.120 e. The van der Waals surface area contributed by atoms with E-state index in [0.717, 1.165) is 18.6 Å². The number of hydrogen-bond acceptors (Lipinski definition) is 2. The van der Waals surface area contributed by atoms with Crippen molar-refractivity contribution in [2.24, 2.45) is 0 Å². The van der Waals surface area contributed by atoms with E-state index in [4.69, 9.17) is 4.74 Å². The summed E-state index contributed by atoms with van der Waals surface area (Å²) in [6.07, 6.45) is 9.03. The summed E-state index contributed by atoms with van der Waals surface area (Å²) in [5.74, 6) is 0.925. The van der Waals surface area contributed by atoms with Gasteiger partial charge in [0.05, 0.1) is 0 Å². The fraction of sp³-hybridized carbons (Fsp3) is 0.419. The van der Waals surface area contributed by atoms with Gasteiger partial charge >= 0.3 is 0 Å². The van der Waals surface area contributed by atoms with Crippen LogP contribution in [0.25, 0.3) is 11.1 Å². The van der Waals surface area contributed by atoms with Crippen molar-refractivity contribution < 1.29 is 9.84 Å². The molecule has 2 heteroatoms. The first-order chi connectivity index (χ1) is 16.2. The van der Waals surface area contributed by atoms with Crippen LogP contribution in [0.2, 0.25) is 0 Å². The van der Waals surface area contributed by atoms with E-state index in [1.54, 1.807) is 0 Å². The molecule has 0 unspecified atom stereocenters. The van der Waals surface area contributed by atoms with E-state index in [9.17, 15) is 5.11 Å². The van der Waals surface area contributed by atoms with Crippen LogP contribution in [0.3, 0.4) is 0 Å². The Hall–Kier alpha value is -2.58. The van der Waals surface area contributed by atoms with Crippen LogP contribution in [0.1, 0.15) is 74.3 Å². The van der Waals surface area contributed by atoms with Crippen LogP contribution in [0.5, 0.6) is 5.75 Å². The van der Waals surface area contributed by atoms with Crippen LogP contribution < -0.4 is 4.74 Å². The van der Waals surface area contributed by atoms with Gasteiger partial charge in [0.25, 0.3) is 0 Å². The minimum Gasteiger partial charge on any atom is -0.489 e. The number of benzene rings is 3. The zero-order chi connectivity index (χ0) is 23.5. The van der Waals surface area contributed by atoms with E-state index in [2.05, 4.69) is 81.4 Å². The first-order valence-corrected chi connectivity index (χ1v) is 12.7. The molecule has 0 atom stereocenters. The summed E-state index contributed by atoms with van der Waals surface area (Å²) in [5.41, 5.74) is 9.04. The van der Waals surface area contributed by atoms with E-state index in [-0.39, 0.29) is 6.61 Å². The Morgan fingerprint density at radius 3 is 1.94 bits per heavy atom. The molecule has 176 valence electrons. The topological polar surface area (TPSA) is 29.5 Å². The summed E-state index contributed by atoms with van der Waals surface area (Å²) < 4.78 is 6.16. The summed E-state index contributed by atoms with van der Waals surface area (Å²) in [6, 6.07) is 22.0. The SMILES string of the molecule is CCCCCCc1ccc(COc2ccc(-c3ccc(CCO)cc3CC)c(CC)c2)cc1. The second-order valence-corrected chi connectivity index (χ2v) is 8.91. The molecule has 0 bridgehead atoms. The molecule has 0 aliphatic heterocycles. The first-order valence-electron chi connectivity index (χ1n) is 12.7. The number of aliphatic hydroxyl groups excluding tert-OH is 1. The molecule has 0 aliphatic carbocycles. The van der Waals surface area contributed by atoms with Gasteiger partial charge < -0.3 is 9.84 Å². The molecule has 0 aromatic heterocycles.